The van der Waals surface area contributed by atoms with Crippen molar-refractivity contribution >= 4 is 5.91 Å². The van der Waals surface area contributed by atoms with E-state index in [0.29, 0.717) is 11.3 Å². The summed E-state index contributed by atoms with van der Waals surface area (Å²) < 4.78 is 5.10. The molecule has 2 aromatic rings. The molecule has 1 aromatic heterocycles. The highest BCUT2D eigenvalue weighted by Gasteiger charge is 2.20. The average molecular weight is 274 g/mol. The van der Waals surface area contributed by atoms with E-state index in [2.05, 4.69) is 10.5 Å². The minimum atomic E-state index is -0.321. The van der Waals surface area contributed by atoms with E-state index in [1.54, 1.807) is 25.1 Å². The molecule has 0 saturated carbocycles. The second-order valence-corrected chi connectivity index (χ2v) is 4.90. The molecule has 1 heterocycles. The van der Waals surface area contributed by atoms with Crippen molar-refractivity contribution in [3.05, 3.63) is 46.3 Å². The molecule has 1 atom stereocenters. The lowest BCUT2D eigenvalue weighted by Gasteiger charge is -2.14. The smallest absolute Gasteiger partial charge is 0.255 e. The quantitative estimate of drug-likeness (QED) is 0.902. The Labute approximate surface area is 117 Å². The number of carbonyl (C=O) groups is 1. The van der Waals surface area contributed by atoms with Gasteiger partial charge in [0, 0.05) is 5.56 Å². The van der Waals surface area contributed by atoms with Crippen LogP contribution in [0, 0.1) is 20.8 Å². The highest BCUT2D eigenvalue weighted by molar-refractivity contribution is 5.97. The molecule has 5 nitrogen and oxygen atoms in total. The van der Waals surface area contributed by atoms with Crippen LogP contribution >= 0.6 is 0 Å². The summed E-state index contributed by atoms with van der Waals surface area (Å²) in [6.07, 6.45) is 0. The molecule has 0 aliphatic rings. The zero-order valence-corrected chi connectivity index (χ0v) is 12.0. The zero-order chi connectivity index (χ0) is 14.9. The molecule has 1 unspecified atom stereocenters. The number of phenolic OH excluding ortho intramolecular Hbond substituents is 1. The van der Waals surface area contributed by atoms with E-state index >= 15 is 0 Å². The predicted molar refractivity (Wildman–Crippen MR) is 74.7 cm³/mol. The first-order valence-electron chi connectivity index (χ1n) is 6.44. The molecule has 0 aliphatic heterocycles. The van der Waals surface area contributed by atoms with Gasteiger partial charge in [-0.05, 0) is 39.3 Å². The maximum Gasteiger partial charge on any atom is 0.255 e. The minimum absolute atomic E-state index is 0.0102. The van der Waals surface area contributed by atoms with Gasteiger partial charge in [-0.2, -0.15) is 0 Å². The number of para-hydroxylation sites is 1. The van der Waals surface area contributed by atoms with Crippen LogP contribution in [0.2, 0.25) is 0 Å². The van der Waals surface area contributed by atoms with Gasteiger partial charge >= 0.3 is 0 Å². The van der Waals surface area contributed by atoms with Crippen LogP contribution in [-0.4, -0.2) is 16.2 Å². The summed E-state index contributed by atoms with van der Waals surface area (Å²) >= 11 is 0. The molecule has 0 radical (unpaired) electrons. The van der Waals surface area contributed by atoms with Gasteiger partial charge in [0.05, 0.1) is 17.3 Å². The Morgan fingerprint density at radius 1 is 1.35 bits per heavy atom. The number of phenols is 1. The van der Waals surface area contributed by atoms with Crippen LogP contribution in [0.5, 0.6) is 5.75 Å². The summed E-state index contributed by atoms with van der Waals surface area (Å²) in [7, 11) is 0. The van der Waals surface area contributed by atoms with E-state index in [4.69, 9.17) is 4.52 Å². The number of hydrogen-bond donors (Lipinski definition) is 2. The summed E-state index contributed by atoms with van der Waals surface area (Å²) in [6.45, 7) is 7.25. The molecule has 0 fully saturated rings. The monoisotopic (exact) mass is 274 g/mol. The Kier molecular flexibility index (Phi) is 3.79. The van der Waals surface area contributed by atoms with Gasteiger partial charge in [-0.15, -0.1) is 0 Å². The lowest BCUT2D eigenvalue weighted by Crippen LogP contribution is -2.27. The van der Waals surface area contributed by atoms with E-state index in [9.17, 15) is 9.90 Å². The van der Waals surface area contributed by atoms with Gasteiger partial charge in [-0.25, -0.2) is 0 Å². The molecule has 1 amide bonds. The van der Waals surface area contributed by atoms with Crippen LogP contribution in [0.4, 0.5) is 0 Å². The number of nitrogens with one attached hydrogen (secondary N) is 1. The van der Waals surface area contributed by atoms with Gasteiger partial charge in [-0.1, -0.05) is 17.3 Å². The Morgan fingerprint density at radius 3 is 2.65 bits per heavy atom. The fourth-order valence-electron chi connectivity index (χ4n) is 2.30. The molecule has 0 aliphatic carbocycles. The molecule has 1 aromatic carbocycles. The Balaban J connectivity index is 2.22. The van der Waals surface area contributed by atoms with Crippen LogP contribution in [0.25, 0.3) is 0 Å². The topological polar surface area (TPSA) is 75.4 Å². The molecule has 106 valence electrons. The number of aromatic nitrogens is 1. The van der Waals surface area contributed by atoms with Crippen molar-refractivity contribution in [2.45, 2.75) is 33.7 Å². The van der Waals surface area contributed by atoms with Crippen molar-refractivity contribution < 1.29 is 14.4 Å². The third kappa shape index (κ3) is 2.52. The molecular formula is C15H18N2O3. The van der Waals surface area contributed by atoms with Crippen molar-refractivity contribution in [2.24, 2.45) is 0 Å². The predicted octanol–water partition coefficient (Wildman–Crippen LogP) is 2.80. The zero-order valence-electron chi connectivity index (χ0n) is 12.0. The number of aromatic hydroxyl groups is 1. The number of carbonyl (C=O) groups excluding carboxylic acids is 1. The van der Waals surface area contributed by atoms with Crippen molar-refractivity contribution in [1.82, 2.24) is 10.5 Å². The molecule has 0 spiro atoms. The van der Waals surface area contributed by atoms with Crippen molar-refractivity contribution in [3.8, 4) is 5.75 Å². The summed E-state index contributed by atoms with van der Waals surface area (Å²) in [5.41, 5.74) is 2.56. The van der Waals surface area contributed by atoms with Gasteiger partial charge in [-0.3, -0.25) is 4.79 Å². The second kappa shape index (κ2) is 5.36. The first-order chi connectivity index (χ1) is 9.41. The minimum Gasteiger partial charge on any atom is -0.507 e. The highest BCUT2D eigenvalue weighted by atomic mass is 16.5. The van der Waals surface area contributed by atoms with Crippen molar-refractivity contribution in [3.63, 3.8) is 0 Å². The highest BCUT2D eigenvalue weighted by Crippen LogP contribution is 2.24. The molecule has 5 heteroatoms. The van der Waals surface area contributed by atoms with Gasteiger partial charge in [0.25, 0.3) is 5.91 Å². The number of aryl methyl sites for hydroxylation is 3. The van der Waals surface area contributed by atoms with Crippen LogP contribution < -0.4 is 5.32 Å². The molecular weight excluding hydrogens is 256 g/mol. The summed E-state index contributed by atoms with van der Waals surface area (Å²) in [4.78, 5) is 12.2. The van der Waals surface area contributed by atoms with Crippen LogP contribution in [0.1, 0.15) is 45.9 Å². The Hall–Kier alpha value is -2.30. The molecule has 2 N–H and O–H groups in total. The van der Waals surface area contributed by atoms with E-state index in [1.165, 1.54) is 0 Å². The molecule has 2 rings (SSSR count). The largest absolute Gasteiger partial charge is 0.507 e. The van der Waals surface area contributed by atoms with E-state index in [-0.39, 0.29) is 23.3 Å². The molecule has 20 heavy (non-hydrogen) atoms. The maximum atomic E-state index is 12.2. The number of nitrogens with zero attached hydrogens (tertiary/aromatic N) is 1. The Bertz CT molecular complexity index is 627. The lowest BCUT2D eigenvalue weighted by atomic mass is 10.1. The SMILES string of the molecule is Cc1cccc(C(=O)NC(C)c2c(C)noc2C)c1O. The van der Waals surface area contributed by atoms with Crippen LogP contribution in [0.3, 0.4) is 0 Å². The van der Waals surface area contributed by atoms with Crippen LogP contribution in [-0.2, 0) is 0 Å². The summed E-state index contributed by atoms with van der Waals surface area (Å²) in [6, 6.07) is 4.85. The standard InChI is InChI=1S/C15H18N2O3/c1-8-6-5-7-12(14(8)18)15(19)16-9(2)13-10(3)17-20-11(13)4/h5-7,9,18H,1-4H3,(H,16,19). The molecule has 0 saturated heterocycles. The summed E-state index contributed by atoms with van der Waals surface area (Å²) in [5.74, 6) is 0.374. The van der Waals surface area contributed by atoms with Crippen molar-refractivity contribution in [2.75, 3.05) is 0 Å². The van der Waals surface area contributed by atoms with Gasteiger partial charge in [0.2, 0.25) is 0 Å². The average Bonchev–Trinajstić information content (AvgIpc) is 2.72. The first kappa shape index (κ1) is 14.1. The number of hydrogen-bond acceptors (Lipinski definition) is 4. The maximum absolute atomic E-state index is 12.2. The van der Waals surface area contributed by atoms with E-state index in [1.807, 2.05) is 20.8 Å². The second-order valence-electron chi connectivity index (χ2n) is 4.90. The molecule has 0 bridgehead atoms. The fraction of sp³-hybridized carbons (Fsp3) is 0.333. The number of amides is 1. The van der Waals surface area contributed by atoms with E-state index < -0.39 is 0 Å². The van der Waals surface area contributed by atoms with E-state index in [0.717, 1.165) is 11.3 Å². The van der Waals surface area contributed by atoms with Crippen LogP contribution in [0.15, 0.2) is 22.7 Å². The van der Waals surface area contributed by atoms with Gasteiger partial charge in [0.15, 0.2) is 0 Å². The van der Waals surface area contributed by atoms with Crippen molar-refractivity contribution in [1.29, 1.82) is 0 Å². The number of rotatable bonds is 3. The third-order valence-electron chi connectivity index (χ3n) is 3.35. The number of benzene rings is 1. The first-order valence-corrected chi connectivity index (χ1v) is 6.44. The van der Waals surface area contributed by atoms with Gasteiger partial charge < -0.3 is 14.9 Å². The summed E-state index contributed by atoms with van der Waals surface area (Å²) in [5, 5.41) is 16.7. The fourth-order valence-corrected chi connectivity index (χ4v) is 2.30. The third-order valence-corrected chi connectivity index (χ3v) is 3.35. The van der Waals surface area contributed by atoms with Gasteiger partial charge in [0.1, 0.15) is 11.5 Å². The Morgan fingerprint density at radius 2 is 2.05 bits per heavy atom. The normalized spacial score (nSPS) is 12.2. The lowest BCUT2D eigenvalue weighted by molar-refractivity contribution is 0.0937.